The summed E-state index contributed by atoms with van der Waals surface area (Å²) in [5.74, 6) is 0.388. The van der Waals surface area contributed by atoms with Gasteiger partial charge >= 0.3 is 0 Å². The topological polar surface area (TPSA) is 66.5 Å². The second-order valence-electron chi connectivity index (χ2n) is 8.39. The van der Waals surface area contributed by atoms with Crippen molar-refractivity contribution in [3.8, 4) is 0 Å². The van der Waals surface area contributed by atoms with Crippen molar-refractivity contribution in [2.75, 3.05) is 17.1 Å². The molecule has 0 unspecified atom stereocenters. The van der Waals surface area contributed by atoms with E-state index in [-0.39, 0.29) is 24.9 Å². The highest BCUT2D eigenvalue weighted by atomic mass is 32.2. The summed E-state index contributed by atoms with van der Waals surface area (Å²) in [5, 5.41) is 3.13. The number of aryl methyl sites for hydroxylation is 2. The van der Waals surface area contributed by atoms with Gasteiger partial charge in [0, 0.05) is 13.0 Å². The molecule has 1 atom stereocenters. The van der Waals surface area contributed by atoms with E-state index in [1.54, 1.807) is 0 Å². The molecule has 0 spiro atoms. The fourth-order valence-corrected chi connectivity index (χ4v) is 4.55. The lowest BCUT2D eigenvalue weighted by Gasteiger charge is -2.25. The maximum absolute atomic E-state index is 12.6. The number of anilines is 1. The van der Waals surface area contributed by atoms with Gasteiger partial charge in [-0.15, -0.1) is 0 Å². The van der Waals surface area contributed by atoms with Crippen LogP contribution in [0.15, 0.2) is 48.5 Å². The van der Waals surface area contributed by atoms with Crippen LogP contribution in [0.25, 0.3) is 0 Å². The quantitative estimate of drug-likeness (QED) is 0.591. The zero-order chi connectivity index (χ0) is 22.3. The second-order valence-corrected chi connectivity index (χ2v) is 10.3. The number of hydrogen-bond donors (Lipinski definition) is 1. The van der Waals surface area contributed by atoms with Crippen LogP contribution in [0.3, 0.4) is 0 Å². The molecule has 0 heterocycles. The van der Waals surface area contributed by atoms with E-state index in [1.807, 2.05) is 62.4 Å². The molecule has 0 saturated heterocycles. The van der Waals surface area contributed by atoms with Gasteiger partial charge in [-0.05, 0) is 55.4 Å². The van der Waals surface area contributed by atoms with Gasteiger partial charge in [0.05, 0.1) is 18.0 Å². The molecule has 2 rings (SSSR count). The molecule has 164 valence electrons. The van der Waals surface area contributed by atoms with Crippen molar-refractivity contribution < 1.29 is 13.2 Å². The fraction of sp³-hybridized carbons (Fsp3) is 0.458. The highest BCUT2D eigenvalue weighted by Gasteiger charge is 2.20. The van der Waals surface area contributed by atoms with Crippen molar-refractivity contribution in [2.24, 2.45) is 5.92 Å². The van der Waals surface area contributed by atoms with Crippen molar-refractivity contribution in [3.63, 3.8) is 0 Å². The smallest absolute Gasteiger partial charge is 0.232 e. The minimum absolute atomic E-state index is 0.0382. The molecule has 0 bridgehead atoms. The molecular weight excluding hydrogens is 396 g/mol. The van der Waals surface area contributed by atoms with Gasteiger partial charge in [0.1, 0.15) is 0 Å². The molecule has 1 N–H and O–H groups in total. The van der Waals surface area contributed by atoms with Crippen LogP contribution in [0, 0.1) is 19.8 Å². The number of carbonyl (C=O) groups excluding carboxylic acids is 1. The van der Waals surface area contributed by atoms with Gasteiger partial charge in [-0.3, -0.25) is 9.10 Å². The van der Waals surface area contributed by atoms with E-state index < -0.39 is 10.0 Å². The molecule has 2 aromatic carbocycles. The summed E-state index contributed by atoms with van der Waals surface area (Å²) in [6.07, 6.45) is 2.80. The van der Waals surface area contributed by atoms with E-state index in [0.717, 1.165) is 23.1 Å². The van der Waals surface area contributed by atoms with Crippen molar-refractivity contribution in [2.45, 2.75) is 53.0 Å². The summed E-state index contributed by atoms with van der Waals surface area (Å²) in [4.78, 5) is 12.6. The number of amides is 1. The third-order valence-corrected chi connectivity index (χ3v) is 6.22. The molecule has 0 radical (unpaired) electrons. The first-order valence-corrected chi connectivity index (χ1v) is 12.3. The van der Waals surface area contributed by atoms with Crippen LogP contribution in [0.5, 0.6) is 0 Å². The molecule has 0 aliphatic heterocycles. The van der Waals surface area contributed by atoms with Gasteiger partial charge in [-0.2, -0.15) is 0 Å². The van der Waals surface area contributed by atoms with E-state index >= 15 is 0 Å². The van der Waals surface area contributed by atoms with E-state index in [2.05, 4.69) is 19.2 Å². The van der Waals surface area contributed by atoms with E-state index in [1.165, 1.54) is 10.6 Å². The van der Waals surface area contributed by atoms with Gasteiger partial charge < -0.3 is 5.32 Å². The number of nitrogens with one attached hydrogen (secondary N) is 1. The molecule has 30 heavy (non-hydrogen) atoms. The first kappa shape index (κ1) is 23.9. The lowest BCUT2D eigenvalue weighted by molar-refractivity contribution is -0.122. The normalized spacial score (nSPS) is 12.6. The Morgan fingerprint density at radius 1 is 1.07 bits per heavy atom. The minimum atomic E-state index is -3.44. The SMILES string of the molecule is Cc1ccc(C)c(N(CCCC(=O)N[C@H](CC(C)C)c2ccccc2)S(C)(=O)=O)c1. The highest BCUT2D eigenvalue weighted by molar-refractivity contribution is 7.92. The van der Waals surface area contributed by atoms with Crippen molar-refractivity contribution in [1.29, 1.82) is 0 Å². The standard InChI is InChI=1S/C24H34N2O3S/c1-18(2)16-22(21-10-7-6-8-11-21)25-24(27)12-9-15-26(30(5,28)29)23-17-19(3)13-14-20(23)4/h6-8,10-11,13-14,17-18,22H,9,12,15-16H2,1-5H3,(H,25,27)/t22-/m1/s1. The molecule has 0 saturated carbocycles. The predicted octanol–water partition coefficient (Wildman–Crippen LogP) is 4.75. The highest BCUT2D eigenvalue weighted by Crippen LogP contribution is 2.25. The summed E-state index contributed by atoms with van der Waals surface area (Å²) < 4.78 is 26.2. The number of carbonyl (C=O) groups is 1. The number of sulfonamides is 1. The Morgan fingerprint density at radius 2 is 1.73 bits per heavy atom. The number of nitrogens with zero attached hydrogens (tertiary/aromatic N) is 1. The maximum atomic E-state index is 12.6. The third-order valence-electron chi connectivity index (χ3n) is 5.04. The summed E-state index contributed by atoms with van der Waals surface area (Å²) in [7, 11) is -3.44. The second kappa shape index (κ2) is 10.6. The third kappa shape index (κ3) is 7.17. The van der Waals surface area contributed by atoms with E-state index in [0.29, 0.717) is 18.0 Å². The van der Waals surface area contributed by atoms with Gasteiger partial charge in [-0.25, -0.2) is 8.42 Å². The monoisotopic (exact) mass is 430 g/mol. The van der Waals surface area contributed by atoms with Crippen molar-refractivity contribution in [3.05, 3.63) is 65.2 Å². The molecule has 0 aliphatic carbocycles. The number of hydrogen-bond acceptors (Lipinski definition) is 3. The average Bonchev–Trinajstić information content (AvgIpc) is 2.66. The molecule has 0 aromatic heterocycles. The average molecular weight is 431 g/mol. The summed E-state index contributed by atoms with van der Waals surface area (Å²) in [6, 6.07) is 15.7. The molecular formula is C24H34N2O3S. The molecule has 0 aliphatic rings. The zero-order valence-electron chi connectivity index (χ0n) is 18.7. The molecule has 0 fully saturated rings. The zero-order valence-corrected chi connectivity index (χ0v) is 19.5. The van der Waals surface area contributed by atoms with Crippen LogP contribution in [0.1, 0.15) is 55.8 Å². The largest absolute Gasteiger partial charge is 0.349 e. The Morgan fingerprint density at radius 3 is 2.33 bits per heavy atom. The number of rotatable bonds is 10. The predicted molar refractivity (Wildman–Crippen MR) is 124 cm³/mol. The Balaban J connectivity index is 2.03. The van der Waals surface area contributed by atoms with Gasteiger partial charge in [0.2, 0.25) is 15.9 Å². The lowest BCUT2D eigenvalue weighted by atomic mass is 9.97. The van der Waals surface area contributed by atoms with Crippen LogP contribution in [0.2, 0.25) is 0 Å². The molecule has 6 heteroatoms. The Kier molecular flexibility index (Phi) is 8.47. The first-order chi connectivity index (χ1) is 14.1. The molecule has 2 aromatic rings. The van der Waals surface area contributed by atoms with Crippen LogP contribution >= 0.6 is 0 Å². The minimum Gasteiger partial charge on any atom is -0.349 e. The maximum Gasteiger partial charge on any atom is 0.232 e. The van der Waals surface area contributed by atoms with E-state index in [9.17, 15) is 13.2 Å². The van der Waals surface area contributed by atoms with Crippen LogP contribution in [-0.2, 0) is 14.8 Å². The van der Waals surface area contributed by atoms with Crippen LogP contribution < -0.4 is 9.62 Å². The van der Waals surface area contributed by atoms with Crippen LogP contribution in [-0.4, -0.2) is 27.1 Å². The fourth-order valence-electron chi connectivity index (χ4n) is 3.54. The first-order valence-electron chi connectivity index (χ1n) is 10.5. The Hall–Kier alpha value is -2.34. The van der Waals surface area contributed by atoms with Gasteiger partial charge in [-0.1, -0.05) is 56.3 Å². The Labute approximate surface area is 181 Å². The summed E-state index contributed by atoms with van der Waals surface area (Å²) in [5.41, 5.74) is 3.67. The number of benzene rings is 2. The Bertz CT molecular complexity index is 940. The van der Waals surface area contributed by atoms with Crippen LogP contribution in [0.4, 0.5) is 5.69 Å². The summed E-state index contributed by atoms with van der Waals surface area (Å²) >= 11 is 0. The van der Waals surface area contributed by atoms with Crippen molar-refractivity contribution in [1.82, 2.24) is 5.32 Å². The van der Waals surface area contributed by atoms with Gasteiger partial charge in [0.15, 0.2) is 0 Å². The lowest BCUT2D eigenvalue weighted by Crippen LogP contribution is -2.33. The summed E-state index contributed by atoms with van der Waals surface area (Å²) in [6.45, 7) is 8.38. The molecule has 5 nitrogen and oxygen atoms in total. The van der Waals surface area contributed by atoms with E-state index in [4.69, 9.17) is 0 Å². The molecule has 1 amide bonds. The van der Waals surface area contributed by atoms with Gasteiger partial charge in [0.25, 0.3) is 0 Å². The van der Waals surface area contributed by atoms with Crippen molar-refractivity contribution >= 4 is 21.6 Å².